The van der Waals surface area contributed by atoms with Crippen molar-refractivity contribution >= 4 is 28.8 Å². The maximum Gasteiger partial charge on any atom is 0.254 e. The number of hydrogen-bond donors (Lipinski definition) is 4. The SMILES string of the molecule is CNC(=O)[C@H]1O[C@@H](n2cnc3c(N)nc(C#CCN(CCOC)C(=O)c4ccccc4)nc32)C(O)[C@@H]1O. The highest BCUT2D eigenvalue weighted by atomic mass is 16.6. The molecule has 1 aliphatic rings. The Bertz CT molecular complexity index is 1340. The molecule has 1 fully saturated rings. The zero-order valence-electron chi connectivity index (χ0n) is 20.2. The van der Waals surface area contributed by atoms with Crippen molar-refractivity contribution in [2.75, 3.05) is 39.6 Å². The number of aliphatic hydroxyl groups excluding tert-OH is 2. The number of ether oxygens (including phenoxy) is 2. The van der Waals surface area contributed by atoms with Crippen LogP contribution in [0, 0.1) is 11.8 Å². The van der Waals surface area contributed by atoms with Crippen LogP contribution in [0.3, 0.4) is 0 Å². The van der Waals surface area contributed by atoms with Crippen molar-refractivity contribution in [1.29, 1.82) is 0 Å². The van der Waals surface area contributed by atoms with Gasteiger partial charge in [0.05, 0.1) is 19.5 Å². The number of fused-ring (bicyclic) bond motifs is 1. The van der Waals surface area contributed by atoms with E-state index >= 15 is 0 Å². The maximum absolute atomic E-state index is 12.9. The molecule has 0 bridgehead atoms. The summed E-state index contributed by atoms with van der Waals surface area (Å²) in [7, 11) is 2.94. The number of nitrogens with two attached hydrogens (primary N) is 1. The van der Waals surface area contributed by atoms with Crippen molar-refractivity contribution < 1.29 is 29.3 Å². The second kappa shape index (κ2) is 11.3. The van der Waals surface area contributed by atoms with Crippen LogP contribution in [0.15, 0.2) is 36.7 Å². The number of amides is 2. The topological polar surface area (TPSA) is 178 Å². The first-order chi connectivity index (χ1) is 17.8. The van der Waals surface area contributed by atoms with Crippen LogP contribution in [-0.4, -0.2) is 98.6 Å². The number of methoxy groups -OCH3 is 1. The van der Waals surface area contributed by atoms with Gasteiger partial charge in [-0.3, -0.25) is 14.2 Å². The lowest BCUT2D eigenvalue weighted by molar-refractivity contribution is -0.137. The average Bonchev–Trinajstić information content (AvgIpc) is 3.46. The Morgan fingerprint density at radius 2 is 2.00 bits per heavy atom. The summed E-state index contributed by atoms with van der Waals surface area (Å²) in [6.07, 6.45) is -3.98. The van der Waals surface area contributed by atoms with Gasteiger partial charge in [0.15, 0.2) is 23.8 Å². The molecule has 13 heteroatoms. The van der Waals surface area contributed by atoms with E-state index in [1.165, 1.54) is 17.9 Å². The number of benzene rings is 1. The molecular weight excluding hydrogens is 482 g/mol. The monoisotopic (exact) mass is 509 g/mol. The van der Waals surface area contributed by atoms with Crippen molar-refractivity contribution in [1.82, 2.24) is 29.7 Å². The summed E-state index contributed by atoms with van der Waals surface area (Å²) >= 11 is 0. The van der Waals surface area contributed by atoms with E-state index in [4.69, 9.17) is 15.2 Å². The summed E-state index contributed by atoms with van der Waals surface area (Å²) in [4.78, 5) is 39.2. The van der Waals surface area contributed by atoms with Crippen LogP contribution < -0.4 is 11.1 Å². The number of anilines is 1. The van der Waals surface area contributed by atoms with Gasteiger partial charge in [-0.05, 0) is 18.1 Å². The fourth-order valence-corrected chi connectivity index (χ4v) is 3.86. The van der Waals surface area contributed by atoms with E-state index in [9.17, 15) is 19.8 Å². The third kappa shape index (κ3) is 5.37. The predicted octanol–water partition coefficient (Wildman–Crippen LogP) is -1.09. The molecule has 37 heavy (non-hydrogen) atoms. The molecule has 1 aromatic carbocycles. The van der Waals surface area contributed by atoms with Gasteiger partial charge in [0, 0.05) is 26.3 Å². The Morgan fingerprint density at radius 1 is 1.24 bits per heavy atom. The second-order valence-electron chi connectivity index (χ2n) is 8.19. The fourth-order valence-electron chi connectivity index (χ4n) is 3.86. The van der Waals surface area contributed by atoms with Crippen LogP contribution in [-0.2, 0) is 14.3 Å². The van der Waals surface area contributed by atoms with Gasteiger partial charge in [0.1, 0.15) is 17.7 Å². The molecule has 194 valence electrons. The van der Waals surface area contributed by atoms with Crippen molar-refractivity contribution in [3.63, 3.8) is 0 Å². The highest BCUT2D eigenvalue weighted by Crippen LogP contribution is 2.32. The van der Waals surface area contributed by atoms with Gasteiger partial charge < -0.3 is 35.6 Å². The molecule has 2 amide bonds. The van der Waals surface area contributed by atoms with Gasteiger partial charge in [-0.2, -0.15) is 0 Å². The van der Waals surface area contributed by atoms with Gasteiger partial charge in [-0.15, -0.1) is 0 Å². The lowest BCUT2D eigenvalue weighted by Gasteiger charge is -2.19. The number of hydrogen-bond acceptors (Lipinski definition) is 10. The molecule has 13 nitrogen and oxygen atoms in total. The van der Waals surface area contributed by atoms with Gasteiger partial charge in [0.25, 0.3) is 11.8 Å². The van der Waals surface area contributed by atoms with Crippen molar-refractivity contribution in [3.05, 3.63) is 48.0 Å². The van der Waals surface area contributed by atoms with E-state index < -0.39 is 30.4 Å². The van der Waals surface area contributed by atoms with E-state index in [-0.39, 0.29) is 35.3 Å². The summed E-state index contributed by atoms with van der Waals surface area (Å²) in [6.45, 7) is 0.753. The van der Waals surface area contributed by atoms with E-state index in [1.54, 1.807) is 36.3 Å². The molecule has 5 N–H and O–H groups in total. The van der Waals surface area contributed by atoms with Gasteiger partial charge in [-0.25, -0.2) is 15.0 Å². The number of likely N-dealkylation sites (N-methyl/N-ethyl adjacent to an activating group) is 1. The Morgan fingerprint density at radius 3 is 2.70 bits per heavy atom. The lowest BCUT2D eigenvalue weighted by Crippen LogP contribution is -2.41. The molecule has 0 aliphatic carbocycles. The molecule has 1 saturated heterocycles. The Kier molecular flexibility index (Phi) is 7.95. The number of carbonyl (C=O) groups excluding carboxylic acids is 2. The minimum absolute atomic E-state index is 0.0422. The van der Waals surface area contributed by atoms with Crippen molar-refractivity contribution in [2.45, 2.75) is 24.5 Å². The third-order valence-corrected chi connectivity index (χ3v) is 5.81. The van der Waals surface area contributed by atoms with Crippen molar-refractivity contribution in [2.24, 2.45) is 0 Å². The van der Waals surface area contributed by atoms with Crippen molar-refractivity contribution in [3.8, 4) is 11.8 Å². The van der Waals surface area contributed by atoms with Gasteiger partial charge >= 0.3 is 0 Å². The summed E-state index contributed by atoms with van der Waals surface area (Å²) in [5.41, 5.74) is 7.02. The van der Waals surface area contributed by atoms with Gasteiger partial charge in [-0.1, -0.05) is 24.1 Å². The molecule has 0 radical (unpaired) electrons. The number of imidazole rings is 1. The van der Waals surface area contributed by atoms with E-state index in [0.29, 0.717) is 18.7 Å². The first kappa shape index (κ1) is 26.0. The molecule has 0 spiro atoms. The largest absolute Gasteiger partial charge is 0.387 e. The van der Waals surface area contributed by atoms with Crippen LogP contribution in [0.5, 0.6) is 0 Å². The van der Waals surface area contributed by atoms with Gasteiger partial charge in [0.2, 0.25) is 5.82 Å². The standard InChI is InChI=1S/C24H27N7O6/c1-26-22(34)19-17(32)18(33)24(37-19)31-13-27-16-20(25)28-15(29-21(16)31)9-6-10-30(11-12-36-2)23(35)14-7-4-3-5-8-14/h3-5,7-8,13,17-19,24,32-33H,10-12H2,1-2H3,(H,26,34)(H2,25,28,29)/t17-,18?,19-,24+/m0/s1. The van der Waals surface area contributed by atoms with Crippen LogP contribution in [0.2, 0.25) is 0 Å². The number of rotatable bonds is 7. The van der Waals surface area contributed by atoms with Crippen LogP contribution in [0.1, 0.15) is 22.4 Å². The minimum atomic E-state index is -1.46. The molecular formula is C24H27N7O6. The smallest absolute Gasteiger partial charge is 0.254 e. The summed E-state index contributed by atoms with van der Waals surface area (Å²) in [5, 5.41) is 23.2. The Hall–Kier alpha value is -4.09. The normalized spacial score (nSPS) is 20.9. The number of aliphatic hydroxyl groups is 2. The summed E-state index contributed by atoms with van der Waals surface area (Å²) in [6, 6.07) is 8.83. The summed E-state index contributed by atoms with van der Waals surface area (Å²) < 4.78 is 12.1. The number of carbonyl (C=O) groups is 2. The first-order valence-corrected chi connectivity index (χ1v) is 11.4. The summed E-state index contributed by atoms with van der Waals surface area (Å²) in [5.74, 6) is 5.03. The minimum Gasteiger partial charge on any atom is -0.387 e. The molecule has 4 atom stereocenters. The van der Waals surface area contributed by atoms with E-state index in [0.717, 1.165) is 0 Å². The quantitative estimate of drug-likeness (QED) is 0.286. The zero-order chi connectivity index (χ0) is 26.5. The fraction of sp³-hybridized carbons (Fsp3) is 0.375. The molecule has 3 aromatic rings. The number of nitrogens with zero attached hydrogens (tertiary/aromatic N) is 5. The highest BCUT2D eigenvalue weighted by Gasteiger charge is 2.47. The second-order valence-corrected chi connectivity index (χ2v) is 8.19. The third-order valence-electron chi connectivity index (χ3n) is 5.81. The molecule has 1 aliphatic heterocycles. The number of aromatic nitrogens is 4. The molecule has 3 heterocycles. The van der Waals surface area contributed by atoms with Crippen LogP contribution >= 0.6 is 0 Å². The molecule has 2 aromatic heterocycles. The molecule has 4 rings (SSSR count). The van der Waals surface area contributed by atoms with E-state index in [2.05, 4.69) is 32.1 Å². The highest BCUT2D eigenvalue weighted by molar-refractivity contribution is 5.94. The molecule has 1 unspecified atom stereocenters. The van der Waals surface area contributed by atoms with Crippen LogP contribution in [0.25, 0.3) is 11.2 Å². The number of nitrogens with one attached hydrogen (secondary N) is 1. The van der Waals surface area contributed by atoms with E-state index in [1.807, 2.05) is 6.07 Å². The first-order valence-electron chi connectivity index (χ1n) is 11.4. The predicted molar refractivity (Wildman–Crippen MR) is 131 cm³/mol. The van der Waals surface area contributed by atoms with Crippen LogP contribution in [0.4, 0.5) is 5.82 Å². The zero-order valence-corrected chi connectivity index (χ0v) is 20.2. The average molecular weight is 510 g/mol. The number of nitrogen functional groups attached to an aromatic ring is 1. The maximum atomic E-state index is 12.9. The Labute approximate surface area is 212 Å². The Balaban J connectivity index is 1.59. The molecule has 0 saturated carbocycles. The lowest BCUT2D eigenvalue weighted by atomic mass is 10.1.